The van der Waals surface area contributed by atoms with E-state index in [0.29, 0.717) is 28.5 Å². The molecule has 2 N–H and O–H groups in total. The predicted molar refractivity (Wildman–Crippen MR) is 115 cm³/mol. The third-order valence-corrected chi connectivity index (χ3v) is 5.61. The predicted octanol–water partition coefficient (Wildman–Crippen LogP) is 5.37. The summed E-state index contributed by atoms with van der Waals surface area (Å²) in [4.78, 5) is 12.1. The summed E-state index contributed by atoms with van der Waals surface area (Å²) in [5.41, 5.74) is 2.69. The van der Waals surface area contributed by atoms with Crippen LogP contribution in [0.4, 0.5) is 0 Å². The van der Waals surface area contributed by atoms with Gasteiger partial charge in [0.2, 0.25) is 0 Å². The van der Waals surface area contributed by atoms with Crippen LogP contribution >= 0.6 is 0 Å². The second-order valence-electron chi connectivity index (χ2n) is 8.16. The Bertz CT molecular complexity index is 1030. The minimum absolute atomic E-state index is 0.0371. The van der Waals surface area contributed by atoms with Gasteiger partial charge in [-0.25, -0.2) is 4.79 Å². The van der Waals surface area contributed by atoms with E-state index in [2.05, 4.69) is 32.9 Å². The maximum Gasteiger partial charge on any atom is 0.341 e. The molecule has 5 nitrogen and oxygen atoms in total. The second-order valence-corrected chi connectivity index (χ2v) is 8.16. The number of benzene rings is 2. The van der Waals surface area contributed by atoms with Gasteiger partial charge < -0.3 is 19.7 Å². The van der Waals surface area contributed by atoms with E-state index < -0.39 is 5.97 Å². The average Bonchev–Trinajstić information content (AvgIpc) is 2.67. The highest BCUT2D eigenvalue weighted by atomic mass is 16.5. The van der Waals surface area contributed by atoms with Crippen molar-refractivity contribution in [3.8, 4) is 17.2 Å². The summed E-state index contributed by atoms with van der Waals surface area (Å²) < 4.78 is 10.2. The lowest BCUT2D eigenvalue weighted by molar-refractivity contribution is 0.0597. The highest BCUT2D eigenvalue weighted by molar-refractivity contribution is 6.08. The largest absolute Gasteiger partial charge is 0.508 e. The van der Waals surface area contributed by atoms with Gasteiger partial charge in [-0.3, -0.25) is 0 Å². The number of rotatable bonds is 5. The molecule has 0 heterocycles. The summed E-state index contributed by atoms with van der Waals surface area (Å²) in [5, 5.41) is 22.7. The van der Waals surface area contributed by atoms with Crippen molar-refractivity contribution in [3.63, 3.8) is 0 Å². The first-order valence-electron chi connectivity index (χ1n) is 9.70. The molecule has 154 valence electrons. The van der Waals surface area contributed by atoms with Gasteiger partial charge in [-0.1, -0.05) is 30.7 Å². The number of ether oxygens (including phenoxy) is 2. The van der Waals surface area contributed by atoms with Gasteiger partial charge in [-0.05, 0) is 56.2 Å². The summed E-state index contributed by atoms with van der Waals surface area (Å²) in [6, 6.07) is 3.04. The number of phenols is 2. The molecular weight excluding hydrogens is 368 g/mol. The Morgan fingerprint density at radius 2 is 1.97 bits per heavy atom. The number of aromatic hydroxyl groups is 2. The third kappa shape index (κ3) is 3.82. The van der Waals surface area contributed by atoms with E-state index in [-0.39, 0.29) is 22.5 Å². The molecular formula is C24H28O5. The summed E-state index contributed by atoms with van der Waals surface area (Å²) in [6.45, 7) is 6.34. The molecule has 0 unspecified atom stereocenters. The van der Waals surface area contributed by atoms with Crippen LogP contribution in [0.2, 0.25) is 0 Å². The lowest BCUT2D eigenvalue weighted by atomic mass is 9.73. The van der Waals surface area contributed by atoms with Crippen LogP contribution in [0.15, 0.2) is 29.9 Å². The minimum Gasteiger partial charge on any atom is -0.508 e. The Morgan fingerprint density at radius 3 is 2.59 bits per heavy atom. The molecule has 1 aliphatic carbocycles. The summed E-state index contributed by atoms with van der Waals surface area (Å²) in [6.07, 6.45) is 8.82. The standard InChI is InChI=1S/C24H28O5/c1-14(2)7-6-9-24(3)10-8-15-18(13-24)19(25)11-16-20(28-4)12-17(23(27)29-5)22(26)21(15)16/h7-8,10-12,25-26H,6,9,13H2,1-5H3/t24-/m0/s1. The zero-order chi connectivity index (χ0) is 21.3. The first-order chi connectivity index (χ1) is 13.7. The lowest BCUT2D eigenvalue weighted by Gasteiger charge is -2.31. The second kappa shape index (κ2) is 7.82. The van der Waals surface area contributed by atoms with Crippen molar-refractivity contribution in [2.24, 2.45) is 5.41 Å². The molecule has 0 fully saturated rings. The Kier molecular flexibility index (Phi) is 5.60. The van der Waals surface area contributed by atoms with Crippen molar-refractivity contribution < 1.29 is 24.5 Å². The van der Waals surface area contributed by atoms with Crippen molar-refractivity contribution in [2.75, 3.05) is 14.2 Å². The van der Waals surface area contributed by atoms with Crippen LogP contribution in [0.25, 0.3) is 16.8 Å². The van der Waals surface area contributed by atoms with E-state index in [1.807, 2.05) is 6.08 Å². The van der Waals surface area contributed by atoms with Gasteiger partial charge in [0.25, 0.3) is 0 Å². The van der Waals surface area contributed by atoms with E-state index in [0.717, 1.165) is 18.4 Å². The zero-order valence-corrected chi connectivity index (χ0v) is 17.6. The quantitative estimate of drug-likeness (QED) is 0.525. The number of carbonyl (C=O) groups is 1. The molecule has 0 aliphatic heterocycles. The SMILES string of the molecule is COC(=O)c1cc(OC)c2cc(O)c3c(c2c1O)C=C[C@](C)(CCC=C(C)C)C3. The average molecular weight is 396 g/mol. The highest BCUT2D eigenvalue weighted by Gasteiger charge is 2.30. The normalized spacial score (nSPS) is 17.7. The van der Waals surface area contributed by atoms with Gasteiger partial charge in [-0.15, -0.1) is 0 Å². The Balaban J connectivity index is 2.19. The molecule has 1 aliphatic rings. The molecule has 5 heteroatoms. The Labute approximate surface area is 171 Å². The molecule has 0 aromatic heterocycles. The molecule has 2 aromatic rings. The molecule has 0 spiro atoms. The van der Waals surface area contributed by atoms with Crippen LogP contribution in [0, 0.1) is 5.41 Å². The van der Waals surface area contributed by atoms with E-state index in [9.17, 15) is 15.0 Å². The molecule has 0 saturated heterocycles. The topological polar surface area (TPSA) is 76.0 Å². The molecule has 0 radical (unpaired) electrons. The van der Waals surface area contributed by atoms with Crippen LogP contribution in [-0.4, -0.2) is 30.4 Å². The fourth-order valence-corrected chi connectivity index (χ4v) is 4.01. The van der Waals surface area contributed by atoms with Gasteiger partial charge in [0.1, 0.15) is 22.8 Å². The van der Waals surface area contributed by atoms with Gasteiger partial charge in [0.15, 0.2) is 0 Å². The fraction of sp³-hybridized carbons (Fsp3) is 0.375. The Morgan fingerprint density at radius 1 is 1.24 bits per heavy atom. The molecule has 3 rings (SSSR count). The fourth-order valence-electron chi connectivity index (χ4n) is 4.01. The van der Waals surface area contributed by atoms with E-state index >= 15 is 0 Å². The van der Waals surface area contributed by atoms with Gasteiger partial charge in [0, 0.05) is 16.3 Å². The number of hydrogen-bond donors (Lipinski definition) is 2. The summed E-state index contributed by atoms with van der Waals surface area (Å²) in [5.74, 6) is -0.257. The van der Waals surface area contributed by atoms with Crippen LogP contribution in [0.5, 0.6) is 17.2 Å². The van der Waals surface area contributed by atoms with Crippen LogP contribution in [0.3, 0.4) is 0 Å². The summed E-state index contributed by atoms with van der Waals surface area (Å²) in [7, 11) is 2.75. The smallest absolute Gasteiger partial charge is 0.341 e. The number of carbonyl (C=O) groups excluding carboxylic acids is 1. The number of allylic oxidation sites excluding steroid dienone is 3. The molecule has 0 bridgehead atoms. The number of esters is 1. The van der Waals surface area contributed by atoms with Crippen molar-refractivity contribution in [1.29, 1.82) is 0 Å². The van der Waals surface area contributed by atoms with Gasteiger partial charge in [-0.2, -0.15) is 0 Å². The number of fused-ring (bicyclic) bond motifs is 3. The summed E-state index contributed by atoms with van der Waals surface area (Å²) >= 11 is 0. The Hall–Kier alpha value is -2.95. The lowest BCUT2D eigenvalue weighted by Crippen LogP contribution is -2.20. The van der Waals surface area contributed by atoms with Gasteiger partial charge >= 0.3 is 5.97 Å². The van der Waals surface area contributed by atoms with Crippen LogP contribution < -0.4 is 4.74 Å². The molecule has 0 amide bonds. The van der Waals surface area contributed by atoms with E-state index in [1.54, 1.807) is 6.07 Å². The van der Waals surface area contributed by atoms with Crippen molar-refractivity contribution in [3.05, 3.63) is 46.5 Å². The molecule has 0 saturated carbocycles. The number of hydrogen-bond acceptors (Lipinski definition) is 5. The highest BCUT2D eigenvalue weighted by Crippen LogP contribution is 2.47. The van der Waals surface area contributed by atoms with Crippen LogP contribution in [0.1, 0.15) is 55.1 Å². The number of methoxy groups -OCH3 is 2. The first kappa shape index (κ1) is 20.8. The van der Waals surface area contributed by atoms with Crippen molar-refractivity contribution in [2.45, 2.75) is 40.0 Å². The number of phenolic OH excluding ortho intramolecular Hbond substituents is 2. The monoisotopic (exact) mass is 396 g/mol. The van der Waals surface area contributed by atoms with E-state index in [4.69, 9.17) is 9.47 Å². The maximum atomic E-state index is 12.1. The first-order valence-corrected chi connectivity index (χ1v) is 9.70. The van der Waals surface area contributed by atoms with E-state index in [1.165, 1.54) is 25.9 Å². The van der Waals surface area contributed by atoms with Gasteiger partial charge in [0.05, 0.1) is 14.2 Å². The van der Waals surface area contributed by atoms with Crippen molar-refractivity contribution >= 4 is 22.8 Å². The molecule has 2 aromatic carbocycles. The van der Waals surface area contributed by atoms with Crippen molar-refractivity contribution in [1.82, 2.24) is 0 Å². The molecule has 29 heavy (non-hydrogen) atoms. The zero-order valence-electron chi connectivity index (χ0n) is 17.6. The maximum absolute atomic E-state index is 12.1. The minimum atomic E-state index is -0.643. The van der Waals surface area contributed by atoms with Crippen LogP contribution in [-0.2, 0) is 11.2 Å². The molecule has 1 atom stereocenters. The third-order valence-electron chi connectivity index (χ3n) is 5.61.